The summed E-state index contributed by atoms with van der Waals surface area (Å²) in [5, 5.41) is 98.1. The molecule has 596 valence electrons. The fourth-order valence-electron chi connectivity index (χ4n) is 13.6. The standard InChI is InChI=1S/4C22H32N2O2.4Fe.2O/c4*1-15-9-17(3)21(25)19(11-15)13-23(5)7-8-24(6)14-20-12-16(2)10-18(4)22(20)26;;;;;;/h4*9-12,25-26H,7-8,13-14H2,1-6H3;;;;;;/q;;;;4*+5;2*-2/p-8. The van der Waals surface area contributed by atoms with Crippen LogP contribution in [0.3, 0.4) is 0 Å². The molecule has 0 amide bonds. The van der Waals surface area contributed by atoms with Crippen molar-refractivity contribution in [1.29, 1.82) is 0 Å². The van der Waals surface area contributed by atoms with Gasteiger partial charge in [-0.2, -0.15) is 0 Å². The summed E-state index contributed by atoms with van der Waals surface area (Å²) in [6.45, 7) is 43.0. The van der Waals surface area contributed by atoms with Gasteiger partial charge in [-0.15, -0.1) is 46.0 Å². The zero-order valence-electron chi connectivity index (χ0n) is 69.6. The minimum Gasteiger partial charge on any atom is -2.00 e. The Kier molecular flexibility index (Phi) is 48.3. The Hall–Kier alpha value is -6.16. The van der Waals surface area contributed by atoms with Crippen LogP contribution < -0.4 is 40.9 Å². The number of aryl methyl sites for hydroxylation is 16. The quantitative estimate of drug-likeness (QED) is 0.0413. The molecule has 0 unspecified atom stereocenters. The van der Waals surface area contributed by atoms with Crippen molar-refractivity contribution in [2.75, 3.05) is 109 Å². The number of likely N-dealkylation sites (N-methyl/N-ethyl adjacent to an activating group) is 8. The number of rotatable bonds is 28. The molecule has 110 heavy (non-hydrogen) atoms. The molecule has 0 aliphatic rings. The van der Waals surface area contributed by atoms with Crippen molar-refractivity contribution < 1.29 is 120 Å². The third kappa shape index (κ3) is 34.3. The average molecular weight is 1670 g/mol. The van der Waals surface area contributed by atoms with Gasteiger partial charge in [0.1, 0.15) is 0 Å². The summed E-state index contributed by atoms with van der Waals surface area (Å²) in [6, 6.07) is 31.3. The van der Waals surface area contributed by atoms with Crippen molar-refractivity contribution in [2.24, 2.45) is 0 Å². The first-order chi connectivity index (χ1) is 48.7. The first kappa shape index (κ1) is 106. The SMILES string of the molecule is Cc1cc(C)c([O-])c(CN(C)CCN(C)Cc2cc(C)cc(C)c2[O-])c1.Cc1cc(C)c([O-])c(CN(C)CCN(C)Cc2cc(C)cc(C)c2[O-])c1.Cc1cc(C)c([O-])c(CN(C)CCN(C)Cc2cc(C)cc(C)c2[O-])c1.Cc1cc(C)c([O-])c(CN(C)CCN(C)Cc2cc(C)cc(C)c2[O-])c1.[Fe+5].[Fe+5].[Fe+5].[Fe+5].[O-2].[O-2]. The van der Waals surface area contributed by atoms with Gasteiger partial charge in [-0.1, -0.05) is 186 Å². The minimum absolute atomic E-state index is 0. The van der Waals surface area contributed by atoms with Crippen LogP contribution in [0.2, 0.25) is 0 Å². The van der Waals surface area contributed by atoms with Gasteiger partial charge in [-0.3, -0.25) is 0 Å². The van der Waals surface area contributed by atoms with E-state index in [-0.39, 0.29) is 125 Å². The van der Waals surface area contributed by atoms with Crippen molar-refractivity contribution in [3.8, 4) is 46.0 Å². The molecule has 18 nitrogen and oxygen atoms in total. The molecular weight excluding hydrogens is 1550 g/mol. The molecule has 4 radical (unpaired) electrons. The van der Waals surface area contributed by atoms with Crippen molar-refractivity contribution in [2.45, 2.75) is 163 Å². The van der Waals surface area contributed by atoms with Gasteiger partial charge in [0, 0.05) is 105 Å². The molecule has 0 aromatic heterocycles. The molecule has 8 rings (SSSR count). The van der Waals surface area contributed by atoms with E-state index < -0.39 is 0 Å². The van der Waals surface area contributed by atoms with Crippen LogP contribution in [0.4, 0.5) is 0 Å². The molecule has 0 aliphatic heterocycles. The summed E-state index contributed by atoms with van der Waals surface area (Å²) >= 11 is 0. The maximum Gasteiger partial charge on any atom is 5.00 e. The van der Waals surface area contributed by atoms with Gasteiger partial charge in [-0.05, 0) is 212 Å². The van der Waals surface area contributed by atoms with Gasteiger partial charge in [0.05, 0.1) is 0 Å². The Bertz CT molecular complexity index is 3380. The van der Waals surface area contributed by atoms with E-state index in [0.29, 0.717) is 52.4 Å². The summed E-state index contributed by atoms with van der Waals surface area (Å²) in [5.41, 5.74) is 22.3. The van der Waals surface area contributed by atoms with Crippen LogP contribution in [0.25, 0.3) is 0 Å². The number of hydrogen-bond donors (Lipinski definition) is 0. The number of nitrogens with zero attached hydrogens (tertiary/aromatic N) is 8. The van der Waals surface area contributed by atoms with Crippen LogP contribution in [0, 0.1) is 111 Å². The molecular formula is C88H120Fe4N8O10+8. The Labute approximate surface area is 702 Å². The summed E-state index contributed by atoms with van der Waals surface area (Å²) in [4.78, 5) is 17.3. The molecule has 8 aromatic rings. The molecule has 0 saturated heterocycles. The molecule has 0 spiro atoms. The van der Waals surface area contributed by atoms with Crippen LogP contribution in [0.15, 0.2) is 97.1 Å². The molecule has 0 saturated carbocycles. The predicted octanol–water partition coefficient (Wildman–Crippen LogP) is 10.3. The van der Waals surface area contributed by atoms with E-state index in [9.17, 15) is 40.9 Å². The first-order valence-electron chi connectivity index (χ1n) is 36.3. The molecule has 0 N–H and O–H groups in total. The van der Waals surface area contributed by atoms with Crippen molar-refractivity contribution in [3.05, 3.63) is 231 Å². The van der Waals surface area contributed by atoms with Crippen LogP contribution >= 0.6 is 0 Å². The summed E-state index contributed by atoms with van der Waals surface area (Å²) < 4.78 is 0. The summed E-state index contributed by atoms with van der Waals surface area (Å²) in [6.07, 6.45) is 0. The fourth-order valence-corrected chi connectivity index (χ4v) is 13.6. The van der Waals surface area contributed by atoms with E-state index in [4.69, 9.17) is 0 Å². The number of hydrogen-bond acceptors (Lipinski definition) is 16. The molecule has 8 aromatic carbocycles. The zero-order valence-corrected chi connectivity index (χ0v) is 74.0. The van der Waals surface area contributed by atoms with E-state index >= 15 is 0 Å². The molecule has 0 atom stereocenters. The molecule has 22 heteroatoms. The Balaban J connectivity index is 0. The maximum atomic E-state index is 12.3. The van der Waals surface area contributed by atoms with Gasteiger partial charge in [0.15, 0.2) is 0 Å². The zero-order chi connectivity index (χ0) is 77.7. The van der Waals surface area contributed by atoms with E-state index in [0.717, 1.165) is 186 Å². The first-order valence-corrected chi connectivity index (χ1v) is 36.3. The van der Waals surface area contributed by atoms with Gasteiger partial charge < -0.3 is 91.0 Å². The second-order valence-corrected chi connectivity index (χ2v) is 30.5. The van der Waals surface area contributed by atoms with Gasteiger partial charge in [0.2, 0.25) is 0 Å². The second-order valence-electron chi connectivity index (χ2n) is 30.5. The van der Waals surface area contributed by atoms with E-state index in [2.05, 4.69) is 39.2 Å². The van der Waals surface area contributed by atoms with Crippen molar-refractivity contribution >= 4 is 0 Å². The van der Waals surface area contributed by atoms with Gasteiger partial charge in [-0.25, -0.2) is 0 Å². The monoisotopic (exact) mass is 1670 g/mol. The number of benzene rings is 8. The average Bonchev–Trinajstić information content (AvgIpc) is 0.888. The minimum atomic E-state index is 0. The van der Waals surface area contributed by atoms with E-state index in [1.54, 1.807) is 0 Å². The van der Waals surface area contributed by atoms with Crippen molar-refractivity contribution in [3.63, 3.8) is 0 Å². The topological polar surface area (TPSA) is 267 Å². The third-order valence-corrected chi connectivity index (χ3v) is 18.9. The Morgan fingerprint density at radius 1 is 0.173 bits per heavy atom. The smallest absolute Gasteiger partial charge is 2.00 e. The van der Waals surface area contributed by atoms with Gasteiger partial charge >= 0.3 is 68.3 Å². The summed E-state index contributed by atoms with van der Waals surface area (Å²) in [5.74, 6) is 1.13. The summed E-state index contributed by atoms with van der Waals surface area (Å²) in [7, 11) is 16.2. The van der Waals surface area contributed by atoms with Crippen LogP contribution in [-0.2, 0) is 132 Å². The van der Waals surface area contributed by atoms with Crippen LogP contribution in [0.5, 0.6) is 46.0 Å². The maximum absolute atomic E-state index is 12.3. The second kappa shape index (κ2) is 50.1. The largest absolute Gasteiger partial charge is 5.00 e. The Morgan fingerprint density at radius 3 is 0.336 bits per heavy atom. The molecule has 0 fully saturated rings. The molecule has 0 aliphatic carbocycles. The Morgan fingerprint density at radius 2 is 0.255 bits per heavy atom. The van der Waals surface area contributed by atoms with E-state index in [1.807, 2.05) is 264 Å². The predicted molar refractivity (Wildman–Crippen MR) is 415 cm³/mol. The van der Waals surface area contributed by atoms with E-state index in [1.165, 1.54) is 0 Å². The van der Waals surface area contributed by atoms with Crippen molar-refractivity contribution in [1.82, 2.24) is 39.2 Å². The van der Waals surface area contributed by atoms with Crippen LogP contribution in [0.1, 0.15) is 134 Å². The molecule has 0 heterocycles. The van der Waals surface area contributed by atoms with Gasteiger partial charge in [0.25, 0.3) is 0 Å². The third-order valence-electron chi connectivity index (χ3n) is 18.9. The normalized spacial score (nSPS) is 10.9. The fraction of sp³-hybridized carbons (Fsp3) is 0.455. The van der Waals surface area contributed by atoms with Crippen LogP contribution in [-0.4, -0.2) is 148 Å². The molecule has 0 bridgehead atoms.